The zero-order valence-corrected chi connectivity index (χ0v) is 10.4. The average Bonchev–Trinajstić information content (AvgIpc) is 2.90. The molecule has 0 spiro atoms. The van der Waals surface area contributed by atoms with Crippen LogP contribution in [0, 0.1) is 5.92 Å². The highest BCUT2D eigenvalue weighted by Gasteiger charge is 2.29. The Hall–Kier alpha value is 0.0700. The Kier molecular flexibility index (Phi) is 5.23. The standard InChI is InChI=1S/C10H18N2OS.ClH/c11-8(7-3-4-7)6-12-10(13)9-2-1-5-14-9;/h7-9H,1-6,11H2,(H,12,13);1H. The molecule has 1 aliphatic carbocycles. The molecule has 5 heteroatoms. The number of amides is 1. The maximum Gasteiger partial charge on any atom is 0.233 e. The SMILES string of the molecule is Cl.NC(CNC(=O)C1CCCS1)C1CC1. The lowest BCUT2D eigenvalue weighted by Gasteiger charge is -2.14. The summed E-state index contributed by atoms with van der Waals surface area (Å²) < 4.78 is 0. The molecule has 88 valence electrons. The number of rotatable bonds is 4. The van der Waals surface area contributed by atoms with Crippen molar-refractivity contribution in [1.29, 1.82) is 0 Å². The number of hydrogen-bond acceptors (Lipinski definition) is 3. The van der Waals surface area contributed by atoms with Gasteiger partial charge in [0.25, 0.3) is 0 Å². The average molecular weight is 251 g/mol. The number of thioether (sulfide) groups is 1. The minimum absolute atomic E-state index is 0. The van der Waals surface area contributed by atoms with E-state index in [0.29, 0.717) is 12.5 Å². The van der Waals surface area contributed by atoms with Gasteiger partial charge in [-0.2, -0.15) is 0 Å². The van der Waals surface area contributed by atoms with E-state index in [1.54, 1.807) is 11.8 Å². The molecule has 1 amide bonds. The Morgan fingerprint density at radius 1 is 1.47 bits per heavy atom. The van der Waals surface area contributed by atoms with Crippen LogP contribution < -0.4 is 11.1 Å². The first-order chi connectivity index (χ1) is 6.77. The molecule has 0 aromatic heterocycles. The topological polar surface area (TPSA) is 55.1 Å². The number of carbonyl (C=O) groups excluding carboxylic acids is 1. The predicted octanol–water partition coefficient (Wildman–Crippen LogP) is 1.16. The van der Waals surface area contributed by atoms with Crippen molar-refractivity contribution in [1.82, 2.24) is 5.32 Å². The molecule has 1 heterocycles. The molecule has 3 nitrogen and oxygen atoms in total. The third-order valence-electron chi connectivity index (χ3n) is 2.96. The molecular formula is C10H19ClN2OS. The minimum atomic E-state index is 0. The van der Waals surface area contributed by atoms with E-state index in [-0.39, 0.29) is 29.6 Å². The van der Waals surface area contributed by atoms with Gasteiger partial charge in [-0.3, -0.25) is 4.79 Å². The third-order valence-corrected chi connectivity index (χ3v) is 4.34. The number of halogens is 1. The van der Waals surface area contributed by atoms with Gasteiger partial charge in [0.2, 0.25) is 5.91 Å². The first-order valence-corrected chi connectivity index (χ1v) is 6.47. The van der Waals surface area contributed by atoms with E-state index in [1.807, 2.05) is 0 Å². The quantitative estimate of drug-likeness (QED) is 0.787. The molecule has 15 heavy (non-hydrogen) atoms. The van der Waals surface area contributed by atoms with Gasteiger partial charge in [0.15, 0.2) is 0 Å². The fourth-order valence-corrected chi connectivity index (χ4v) is 2.99. The second kappa shape index (κ2) is 5.97. The summed E-state index contributed by atoms with van der Waals surface area (Å²) in [7, 11) is 0. The fourth-order valence-electron chi connectivity index (χ4n) is 1.81. The van der Waals surface area contributed by atoms with Crippen molar-refractivity contribution in [2.75, 3.05) is 12.3 Å². The molecule has 3 N–H and O–H groups in total. The van der Waals surface area contributed by atoms with Crippen LogP contribution in [-0.2, 0) is 4.79 Å². The maximum absolute atomic E-state index is 11.6. The van der Waals surface area contributed by atoms with Crippen LogP contribution in [0.4, 0.5) is 0 Å². The molecule has 2 aliphatic rings. The van der Waals surface area contributed by atoms with Crippen LogP contribution in [0.25, 0.3) is 0 Å². The van der Waals surface area contributed by atoms with E-state index in [1.165, 1.54) is 19.3 Å². The molecule has 1 saturated heterocycles. The first-order valence-electron chi connectivity index (χ1n) is 5.42. The summed E-state index contributed by atoms with van der Waals surface area (Å²) in [6, 6.07) is 0.186. The second-order valence-corrected chi connectivity index (χ2v) is 5.56. The van der Waals surface area contributed by atoms with Crippen LogP contribution in [-0.4, -0.2) is 29.5 Å². The van der Waals surface area contributed by atoms with Gasteiger partial charge in [-0.1, -0.05) is 0 Å². The highest BCUT2D eigenvalue weighted by atomic mass is 35.5. The van der Waals surface area contributed by atoms with E-state index in [0.717, 1.165) is 12.2 Å². The lowest BCUT2D eigenvalue weighted by atomic mass is 10.2. The van der Waals surface area contributed by atoms with Crippen molar-refractivity contribution in [3.63, 3.8) is 0 Å². The van der Waals surface area contributed by atoms with Crippen molar-refractivity contribution < 1.29 is 4.79 Å². The summed E-state index contributed by atoms with van der Waals surface area (Å²) in [5.74, 6) is 2.00. The van der Waals surface area contributed by atoms with Crippen LogP contribution in [0.1, 0.15) is 25.7 Å². The summed E-state index contributed by atoms with van der Waals surface area (Å²) in [6.07, 6.45) is 4.71. The second-order valence-electron chi connectivity index (χ2n) is 4.25. The highest BCUT2D eigenvalue weighted by Crippen LogP contribution is 2.31. The molecule has 2 rings (SSSR count). The van der Waals surface area contributed by atoms with Gasteiger partial charge in [-0.15, -0.1) is 24.2 Å². The lowest BCUT2D eigenvalue weighted by Crippen LogP contribution is -2.41. The molecule has 2 unspecified atom stereocenters. The van der Waals surface area contributed by atoms with E-state index >= 15 is 0 Å². The van der Waals surface area contributed by atoms with Gasteiger partial charge >= 0.3 is 0 Å². The molecule has 1 aliphatic heterocycles. The summed E-state index contributed by atoms with van der Waals surface area (Å²) >= 11 is 1.77. The number of hydrogen-bond donors (Lipinski definition) is 2. The van der Waals surface area contributed by atoms with Crippen molar-refractivity contribution >= 4 is 30.1 Å². The van der Waals surface area contributed by atoms with Crippen LogP contribution in [0.15, 0.2) is 0 Å². The number of carbonyl (C=O) groups is 1. The molecule has 0 aromatic carbocycles. The summed E-state index contributed by atoms with van der Waals surface area (Å²) in [4.78, 5) is 11.6. The van der Waals surface area contributed by atoms with Crippen LogP contribution >= 0.6 is 24.2 Å². The molecule has 0 bridgehead atoms. The van der Waals surface area contributed by atoms with Crippen molar-refractivity contribution in [2.24, 2.45) is 11.7 Å². The zero-order valence-electron chi connectivity index (χ0n) is 8.78. The Bertz CT molecular complexity index is 217. The Morgan fingerprint density at radius 2 is 2.20 bits per heavy atom. The summed E-state index contributed by atoms with van der Waals surface area (Å²) in [5, 5.41) is 3.16. The Balaban J connectivity index is 0.00000112. The predicted molar refractivity (Wildman–Crippen MR) is 66.4 cm³/mol. The summed E-state index contributed by atoms with van der Waals surface area (Å²) in [5.41, 5.74) is 5.90. The van der Waals surface area contributed by atoms with Crippen LogP contribution in [0.2, 0.25) is 0 Å². The number of nitrogens with two attached hydrogens (primary N) is 1. The van der Waals surface area contributed by atoms with Gasteiger partial charge in [-0.05, 0) is 37.4 Å². The van der Waals surface area contributed by atoms with Gasteiger partial charge < -0.3 is 11.1 Å². The lowest BCUT2D eigenvalue weighted by molar-refractivity contribution is -0.120. The largest absolute Gasteiger partial charge is 0.354 e. The number of nitrogens with one attached hydrogen (secondary N) is 1. The van der Waals surface area contributed by atoms with Crippen LogP contribution in [0.3, 0.4) is 0 Å². The van der Waals surface area contributed by atoms with E-state index in [2.05, 4.69) is 5.32 Å². The van der Waals surface area contributed by atoms with Gasteiger partial charge in [0.1, 0.15) is 0 Å². The third kappa shape index (κ3) is 3.85. The molecule has 2 atom stereocenters. The van der Waals surface area contributed by atoms with Gasteiger partial charge in [0, 0.05) is 12.6 Å². The van der Waals surface area contributed by atoms with Gasteiger partial charge in [-0.25, -0.2) is 0 Å². The van der Waals surface area contributed by atoms with E-state index < -0.39 is 0 Å². The smallest absolute Gasteiger partial charge is 0.233 e. The first kappa shape index (κ1) is 13.1. The van der Waals surface area contributed by atoms with Crippen molar-refractivity contribution in [3.05, 3.63) is 0 Å². The van der Waals surface area contributed by atoms with Crippen molar-refractivity contribution in [3.8, 4) is 0 Å². The van der Waals surface area contributed by atoms with Gasteiger partial charge in [0.05, 0.1) is 5.25 Å². The minimum Gasteiger partial charge on any atom is -0.354 e. The molecule has 1 saturated carbocycles. The molecule has 2 fully saturated rings. The Labute approximate surface area is 101 Å². The summed E-state index contributed by atoms with van der Waals surface area (Å²) in [6.45, 7) is 0.667. The maximum atomic E-state index is 11.6. The monoisotopic (exact) mass is 250 g/mol. The molecule has 0 radical (unpaired) electrons. The normalized spacial score (nSPS) is 26.9. The molecular weight excluding hydrogens is 232 g/mol. The Morgan fingerprint density at radius 3 is 2.73 bits per heavy atom. The zero-order chi connectivity index (χ0) is 9.97. The van der Waals surface area contributed by atoms with Crippen LogP contribution in [0.5, 0.6) is 0 Å². The van der Waals surface area contributed by atoms with E-state index in [4.69, 9.17) is 5.73 Å². The fraction of sp³-hybridized carbons (Fsp3) is 0.900. The highest BCUT2D eigenvalue weighted by molar-refractivity contribution is 8.00. The van der Waals surface area contributed by atoms with Crippen molar-refractivity contribution in [2.45, 2.75) is 37.0 Å². The van der Waals surface area contributed by atoms with E-state index in [9.17, 15) is 4.79 Å². The molecule has 0 aromatic rings.